The van der Waals surface area contributed by atoms with Crippen LogP contribution in [0.5, 0.6) is 0 Å². The average molecular weight is 391 g/mol. The van der Waals surface area contributed by atoms with E-state index in [9.17, 15) is 13.2 Å². The smallest absolute Gasteiger partial charge is 0.238 e. The first kappa shape index (κ1) is 18.9. The molecule has 4 rings (SSSR count). The van der Waals surface area contributed by atoms with Gasteiger partial charge < -0.3 is 5.32 Å². The number of benzene rings is 1. The van der Waals surface area contributed by atoms with Crippen molar-refractivity contribution in [3.05, 3.63) is 35.4 Å². The first-order valence-corrected chi connectivity index (χ1v) is 11.9. The van der Waals surface area contributed by atoms with E-state index in [1.165, 1.54) is 24.0 Å². The summed E-state index contributed by atoms with van der Waals surface area (Å²) in [5, 5.41) is 2.21. The Morgan fingerprint density at radius 3 is 2.56 bits per heavy atom. The van der Waals surface area contributed by atoms with E-state index in [1.807, 2.05) is 0 Å². The molecule has 2 saturated heterocycles. The van der Waals surface area contributed by atoms with Gasteiger partial charge in [0.1, 0.15) is 5.25 Å². The Balaban J connectivity index is 1.24. The van der Waals surface area contributed by atoms with E-state index in [2.05, 4.69) is 41.4 Å². The minimum atomic E-state index is -3.21. The van der Waals surface area contributed by atoms with Crippen molar-refractivity contribution in [2.45, 2.75) is 63.3 Å². The zero-order valence-corrected chi connectivity index (χ0v) is 16.9. The van der Waals surface area contributed by atoms with E-state index in [-0.39, 0.29) is 17.7 Å². The Morgan fingerprint density at radius 1 is 1.22 bits per heavy atom. The van der Waals surface area contributed by atoms with Crippen molar-refractivity contribution in [3.63, 3.8) is 0 Å². The molecule has 3 fully saturated rings. The number of aryl methyl sites for hydroxylation is 1. The molecule has 5 nitrogen and oxygen atoms in total. The largest absolute Gasteiger partial charge is 0.352 e. The van der Waals surface area contributed by atoms with Gasteiger partial charge in [0, 0.05) is 12.6 Å². The van der Waals surface area contributed by atoms with Crippen molar-refractivity contribution < 1.29 is 13.2 Å². The van der Waals surface area contributed by atoms with Crippen LogP contribution in [0.3, 0.4) is 0 Å². The van der Waals surface area contributed by atoms with Crippen LogP contribution in [0.25, 0.3) is 0 Å². The van der Waals surface area contributed by atoms with Crippen molar-refractivity contribution in [3.8, 4) is 0 Å². The summed E-state index contributed by atoms with van der Waals surface area (Å²) >= 11 is 0. The summed E-state index contributed by atoms with van der Waals surface area (Å²) in [5.74, 6) is -0.0968. The van der Waals surface area contributed by atoms with Gasteiger partial charge in [-0.2, -0.15) is 0 Å². The normalized spacial score (nSPS) is 27.4. The van der Waals surface area contributed by atoms with Crippen LogP contribution in [0.15, 0.2) is 24.3 Å². The standard InChI is InChI=1S/C21H30N2O3S/c1-16-5-2-3-6-17(16)15-23-10-8-21(9-11-23)13-18(14-21)22-20(24)19-7-4-12-27(19,25)26/h2-3,5-6,18-19H,4,7-15H2,1H3,(H,22,24). The second-order valence-electron chi connectivity index (χ2n) is 8.81. The summed E-state index contributed by atoms with van der Waals surface area (Å²) in [6.45, 7) is 5.39. The van der Waals surface area contributed by atoms with Crippen molar-refractivity contribution in [2.75, 3.05) is 18.8 Å². The van der Waals surface area contributed by atoms with Gasteiger partial charge in [-0.1, -0.05) is 24.3 Å². The summed E-state index contributed by atoms with van der Waals surface area (Å²) in [6.07, 6.45) is 5.46. The highest BCUT2D eigenvalue weighted by molar-refractivity contribution is 7.93. The second-order valence-corrected chi connectivity index (χ2v) is 11.1. The summed E-state index contributed by atoms with van der Waals surface area (Å²) in [4.78, 5) is 14.9. The summed E-state index contributed by atoms with van der Waals surface area (Å²) in [5.41, 5.74) is 3.12. The maximum absolute atomic E-state index is 12.3. The molecule has 1 aliphatic carbocycles. The van der Waals surface area contributed by atoms with E-state index in [0.29, 0.717) is 18.3 Å². The number of hydrogen-bond donors (Lipinski definition) is 1. The van der Waals surface area contributed by atoms with Crippen molar-refractivity contribution in [1.82, 2.24) is 10.2 Å². The molecule has 1 spiro atoms. The average Bonchev–Trinajstić information content (AvgIpc) is 2.96. The number of hydrogen-bond acceptors (Lipinski definition) is 4. The van der Waals surface area contributed by atoms with Crippen molar-refractivity contribution in [1.29, 1.82) is 0 Å². The third-order valence-corrected chi connectivity index (χ3v) is 9.07. The van der Waals surface area contributed by atoms with E-state index in [0.717, 1.165) is 32.5 Å². The molecule has 1 amide bonds. The van der Waals surface area contributed by atoms with Gasteiger partial charge in [0.25, 0.3) is 0 Å². The van der Waals surface area contributed by atoms with Crippen LogP contribution in [0.1, 0.15) is 49.7 Å². The van der Waals surface area contributed by atoms with Gasteiger partial charge in [-0.25, -0.2) is 8.42 Å². The lowest BCUT2D eigenvalue weighted by Crippen LogP contribution is -2.56. The molecule has 1 N–H and O–H groups in total. The Labute approximate surface area is 162 Å². The zero-order chi connectivity index (χ0) is 19.1. The number of likely N-dealkylation sites (tertiary alicyclic amines) is 1. The Bertz CT molecular complexity index is 804. The lowest BCUT2D eigenvalue weighted by atomic mass is 9.60. The molecule has 3 aliphatic rings. The van der Waals surface area contributed by atoms with Crippen molar-refractivity contribution in [2.24, 2.45) is 5.41 Å². The maximum atomic E-state index is 12.3. The molecule has 0 bridgehead atoms. The minimum Gasteiger partial charge on any atom is -0.352 e. The number of carbonyl (C=O) groups excluding carboxylic acids is 1. The highest BCUT2D eigenvalue weighted by Gasteiger charge is 2.47. The topological polar surface area (TPSA) is 66.5 Å². The molecule has 2 aliphatic heterocycles. The van der Waals surface area contributed by atoms with E-state index >= 15 is 0 Å². The summed E-state index contributed by atoms with van der Waals surface area (Å²) in [6, 6.07) is 8.74. The lowest BCUT2D eigenvalue weighted by molar-refractivity contribution is -0.123. The molecular weight excluding hydrogens is 360 g/mol. The molecule has 1 aromatic carbocycles. The number of amides is 1. The summed E-state index contributed by atoms with van der Waals surface area (Å²) < 4.78 is 23.9. The molecule has 0 radical (unpaired) electrons. The second kappa shape index (κ2) is 7.21. The van der Waals surface area contributed by atoms with Crippen LogP contribution in [-0.4, -0.2) is 49.4 Å². The van der Waals surface area contributed by atoms with Crippen LogP contribution in [-0.2, 0) is 21.2 Å². The van der Waals surface area contributed by atoms with Gasteiger partial charge in [0.15, 0.2) is 9.84 Å². The molecule has 1 saturated carbocycles. The molecule has 1 atom stereocenters. The van der Waals surface area contributed by atoms with Crippen LogP contribution < -0.4 is 5.32 Å². The van der Waals surface area contributed by atoms with Crippen LogP contribution in [0.4, 0.5) is 0 Å². The van der Waals surface area contributed by atoms with Gasteiger partial charge >= 0.3 is 0 Å². The highest BCUT2D eigenvalue weighted by Crippen LogP contribution is 2.49. The molecule has 148 valence electrons. The highest BCUT2D eigenvalue weighted by atomic mass is 32.2. The van der Waals surface area contributed by atoms with Gasteiger partial charge in [-0.3, -0.25) is 9.69 Å². The van der Waals surface area contributed by atoms with E-state index in [1.54, 1.807) is 0 Å². The van der Waals surface area contributed by atoms with Crippen LogP contribution >= 0.6 is 0 Å². The Kier molecular flexibility index (Phi) is 5.06. The predicted molar refractivity (Wildman–Crippen MR) is 106 cm³/mol. The first-order valence-electron chi connectivity index (χ1n) is 10.2. The van der Waals surface area contributed by atoms with Gasteiger partial charge in [0.2, 0.25) is 5.91 Å². The SMILES string of the molecule is Cc1ccccc1CN1CCC2(CC1)CC(NC(=O)C1CCCS1(=O)=O)C2. The number of nitrogens with zero attached hydrogens (tertiary/aromatic N) is 1. The van der Waals surface area contributed by atoms with Gasteiger partial charge in [0.05, 0.1) is 5.75 Å². The molecule has 2 heterocycles. The third-order valence-electron chi connectivity index (χ3n) is 6.90. The third kappa shape index (κ3) is 3.92. The fourth-order valence-electron chi connectivity index (χ4n) is 5.09. The summed E-state index contributed by atoms with van der Waals surface area (Å²) in [7, 11) is -3.21. The van der Waals surface area contributed by atoms with Crippen LogP contribution in [0, 0.1) is 12.3 Å². The number of sulfone groups is 1. The fraction of sp³-hybridized carbons (Fsp3) is 0.667. The quantitative estimate of drug-likeness (QED) is 0.858. The van der Waals surface area contributed by atoms with Gasteiger partial charge in [-0.15, -0.1) is 0 Å². The number of nitrogens with one attached hydrogen (secondary N) is 1. The number of piperidine rings is 1. The minimum absolute atomic E-state index is 0.163. The number of carbonyl (C=O) groups is 1. The molecule has 1 aromatic rings. The molecule has 27 heavy (non-hydrogen) atoms. The molecular formula is C21H30N2O3S. The monoisotopic (exact) mass is 390 g/mol. The molecule has 0 aromatic heterocycles. The van der Waals surface area contributed by atoms with E-state index < -0.39 is 15.1 Å². The zero-order valence-electron chi connectivity index (χ0n) is 16.1. The lowest BCUT2D eigenvalue weighted by Gasteiger charge is -2.52. The van der Waals surface area contributed by atoms with Gasteiger partial charge in [-0.05, 0) is 75.1 Å². The Morgan fingerprint density at radius 2 is 1.93 bits per heavy atom. The molecule has 1 unspecified atom stereocenters. The van der Waals surface area contributed by atoms with Crippen LogP contribution in [0.2, 0.25) is 0 Å². The fourth-order valence-corrected chi connectivity index (χ4v) is 6.86. The Hall–Kier alpha value is -1.40. The first-order chi connectivity index (χ1) is 12.9. The maximum Gasteiger partial charge on any atom is 0.238 e. The van der Waals surface area contributed by atoms with Crippen molar-refractivity contribution >= 4 is 15.7 Å². The number of rotatable bonds is 4. The van der Waals surface area contributed by atoms with E-state index in [4.69, 9.17) is 0 Å². The predicted octanol–water partition coefficient (Wildman–Crippen LogP) is 2.43. The molecule has 6 heteroatoms.